The topological polar surface area (TPSA) is 79.4 Å². The highest BCUT2D eigenvalue weighted by molar-refractivity contribution is 5.42. The van der Waals surface area contributed by atoms with Gasteiger partial charge in [0, 0.05) is 23.4 Å². The zero-order valence-electron chi connectivity index (χ0n) is 10.1. The smallest absolute Gasteiger partial charge is 0.141 e. The van der Waals surface area contributed by atoms with E-state index in [-0.39, 0.29) is 18.4 Å². The zero-order chi connectivity index (χ0) is 12.3. The van der Waals surface area contributed by atoms with Crippen LogP contribution in [0.3, 0.4) is 0 Å². The Hall–Kier alpha value is -1.13. The molecule has 1 rings (SSSR count). The third kappa shape index (κ3) is 2.71. The number of nitrogens with two attached hydrogens (primary N) is 1. The first-order chi connectivity index (χ1) is 7.47. The first-order valence-corrected chi connectivity index (χ1v) is 5.51. The van der Waals surface area contributed by atoms with Gasteiger partial charge in [0.05, 0.1) is 12.3 Å². The number of hydrogen-bond acceptors (Lipinski definition) is 4. The minimum absolute atomic E-state index is 0.111. The van der Waals surface area contributed by atoms with E-state index in [9.17, 15) is 10.2 Å². The van der Waals surface area contributed by atoms with Crippen LogP contribution in [0.5, 0.6) is 5.75 Å². The van der Waals surface area contributed by atoms with Gasteiger partial charge < -0.3 is 15.9 Å². The Morgan fingerprint density at radius 1 is 1.44 bits per heavy atom. The van der Waals surface area contributed by atoms with E-state index in [1.807, 2.05) is 0 Å². The first-order valence-electron chi connectivity index (χ1n) is 5.51. The third-order valence-corrected chi connectivity index (χ3v) is 2.62. The second kappa shape index (κ2) is 5.27. The van der Waals surface area contributed by atoms with Gasteiger partial charge in [0.15, 0.2) is 0 Å². The van der Waals surface area contributed by atoms with Crippen LogP contribution in [-0.2, 0) is 6.61 Å². The standard InChI is InChI=1S/C12H20N2O2/c1-7(2)4-10(13)11-9(6-15)5-14-8(3)12(11)16/h5,7,10,15-16H,4,6,13H2,1-3H3/t10-/m1/s1. The zero-order valence-corrected chi connectivity index (χ0v) is 10.1. The lowest BCUT2D eigenvalue weighted by atomic mass is 9.94. The summed E-state index contributed by atoms with van der Waals surface area (Å²) in [6.45, 7) is 5.72. The molecule has 4 heteroatoms. The van der Waals surface area contributed by atoms with Gasteiger partial charge in [0.2, 0.25) is 0 Å². The normalized spacial score (nSPS) is 13.1. The molecule has 0 spiro atoms. The summed E-state index contributed by atoms with van der Waals surface area (Å²) in [4.78, 5) is 4.01. The Morgan fingerprint density at radius 3 is 2.56 bits per heavy atom. The Labute approximate surface area is 96.1 Å². The highest BCUT2D eigenvalue weighted by Crippen LogP contribution is 2.31. The van der Waals surface area contributed by atoms with Gasteiger partial charge in [-0.2, -0.15) is 0 Å². The van der Waals surface area contributed by atoms with E-state index in [4.69, 9.17) is 5.73 Å². The molecule has 1 atom stereocenters. The lowest BCUT2D eigenvalue weighted by molar-refractivity contribution is 0.277. The molecule has 0 fully saturated rings. The quantitative estimate of drug-likeness (QED) is 0.726. The largest absolute Gasteiger partial charge is 0.506 e. The van der Waals surface area contributed by atoms with Crippen LogP contribution >= 0.6 is 0 Å². The van der Waals surface area contributed by atoms with E-state index in [1.54, 1.807) is 13.1 Å². The van der Waals surface area contributed by atoms with Gasteiger partial charge in [0.25, 0.3) is 0 Å². The molecular formula is C12H20N2O2. The molecule has 0 amide bonds. The Bertz CT molecular complexity index is 364. The summed E-state index contributed by atoms with van der Waals surface area (Å²) in [6, 6.07) is -0.260. The van der Waals surface area contributed by atoms with E-state index in [0.717, 1.165) is 6.42 Å². The Morgan fingerprint density at radius 2 is 2.06 bits per heavy atom. The van der Waals surface area contributed by atoms with Crippen LogP contribution in [0.2, 0.25) is 0 Å². The van der Waals surface area contributed by atoms with Crippen molar-refractivity contribution in [2.75, 3.05) is 0 Å². The SMILES string of the molecule is Cc1ncc(CO)c([C@H](N)CC(C)C)c1O. The number of aliphatic hydroxyl groups excluding tert-OH is 1. The van der Waals surface area contributed by atoms with Gasteiger partial charge in [-0.1, -0.05) is 13.8 Å². The van der Waals surface area contributed by atoms with Crippen LogP contribution in [-0.4, -0.2) is 15.2 Å². The van der Waals surface area contributed by atoms with Crippen molar-refractivity contribution >= 4 is 0 Å². The van der Waals surface area contributed by atoms with Crippen molar-refractivity contribution in [3.05, 3.63) is 23.0 Å². The highest BCUT2D eigenvalue weighted by atomic mass is 16.3. The molecule has 1 aromatic heterocycles. The minimum Gasteiger partial charge on any atom is -0.506 e. The van der Waals surface area contributed by atoms with E-state index in [0.29, 0.717) is 22.7 Å². The van der Waals surface area contributed by atoms with Crippen molar-refractivity contribution in [2.24, 2.45) is 11.7 Å². The molecule has 0 aromatic carbocycles. The average molecular weight is 224 g/mol. The molecule has 0 unspecified atom stereocenters. The molecule has 4 N–H and O–H groups in total. The number of nitrogens with zero attached hydrogens (tertiary/aromatic N) is 1. The van der Waals surface area contributed by atoms with Gasteiger partial charge in [-0.25, -0.2) is 0 Å². The first kappa shape index (κ1) is 12.9. The fraction of sp³-hybridized carbons (Fsp3) is 0.583. The number of hydrogen-bond donors (Lipinski definition) is 3. The highest BCUT2D eigenvalue weighted by Gasteiger charge is 2.18. The van der Waals surface area contributed by atoms with Crippen molar-refractivity contribution in [1.29, 1.82) is 0 Å². The molecule has 1 heterocycles. The summed E-state index contributed by atoms with van der Waals surface area (Å²) in [6.07, 6.45) is 2.34. The van der Waals surface area contributed by atoms with Crippen molar-refractivity contribution in [3.63, 3.8) is 0 Å². The van der Waals surface area contributed by atoms with Gasteiger partial charge in [-0.05, 0) is 19.3 Å². The van der Waals surface area contributed by atoms with Crippen molar-refractivity contribution in [2.45, 2.75) is 39.8 Å². The molecular weight excluding hydrogens is 204 g/mol. The van der Waals surface area contributed by atoms with Crippen molar-refractivity contribution < 1.29 is 10.2 Å². The molecule has 0 aliphatic rings. The lowest BCUT2D eigenvalue weighted by Crippen LogP contribution is -2.16. The summed E-state index contributed by atoms with van der Waals surface area (Å²) < 4.78 is 0. The van der Waals surface area contributed by atoms with E-state index >= 15 is 0 Å². The number of pyridine rings is 1. The summed E-state index contributed by atoms with van der Waals surface area (Å²) in [7, 11) is 0. The van der Waals surface area contributed by atoms with E-state index < -0.39 is 0 Å². The lowest BCUT2D eigenvalue weighted by Gasteiger charge is -2.19. The third-order valence-electron chi connectivity index (χ3n) is 2.62. The van der Waals surface area contributed by atoms with Gasteiger partial charge in [-0.3, -0.25) is 4.98 Å². The van der Waals surface area contributed by atoms with Crippen LogP contribution in [0.15, 0.2) is 6.20 Å². The average Bonchev–Trinajstić information content (AvgIpc) is 2.20. The molecule has 0 saturated carbocycles. The maximum Gasteiger partial charge on any atom is 0.141 e. The molecule has 0 aliphatic heterocycles. The van der Waals surface area contributed by atoms with Crippen LogP contribution in [0.4, 0.5) is 0 Å². The van der Waals surface area contributed by atoms with Crippen molar-refractivity contribution in [3.8, 4) is 5.75 Å². The van der Waals surface area contributed by atoms with Crippen LogP contribution in [0.1, 0.15) is 43.1 Å². The number of rotatable bonds is 4. The molecule has 4 nitrogen and oxygen atoms in total. The van der Waals surface area contributed by atoms with E-state index in [1.165, 1.54) is 0 Å². The second-order valence-corrected chi connectivity index (χ2v) is 4.53. The molecule has 0 bridgehead atoms. The Balaban J connectivity index is 3.13. The molecule has 1 aromatic rings. The summed E-state index contributed by atoms with van der Waals surface area (Å²) in [5.74, 6) is 0.550. The maximum absolute atomic E-state index is 9.94. The number of aliphatic hydroxyl groups is 1. The summed E-state index contributed by atoms with van der Waals surface area (Å²) >= 11 is 0. The monoisotopic (exact) mass is 224 g/mol. The number of aryl methyl sites for hydroxylation is 1. The van der Waals surface area contributed by atoms with Crippen LogP contribution < -0.4 is 5.73 Å². The number of aromatic nitrogens is 1. The van der Waals surface area contributed by atoms with Crippen molar-refractivity contribution in [1.82, 2.24) is 4.98 Å². The fourth-order valence-electron chi connectivity index (χ4n) is 1.82. The second-order valence-electron chi connectivity index (χ2n) is 4.53. The predicted molar refractivity (Wildman–Crippen MR) is 62.9 cm³/mol. The van der Waals surface area contributed by atoms with Crippen LogP contribution in [0.25, 0.3) is 0 Å². The predicted octanol–water partition coefficient (Wildman–Crippen LogP) is 1.63. The Kier molecular flexibility index (Phi) is 4.26. The summed E-state index contributed by atoms with van der Waals surface area (Å²) in [5.41, 5.74) is 7.83. The molecule has 90 valence electrons. The van der Waals surface area contributed by atoms with Gasteiger partial charge in [-0.15, -0.1) is 0 Å². The summed E-state index contributed by atoms with van der Waals surface area (Å²) in [5, 5.41) is 19.1. The van der Waals surface area contributed by atoms with Gasteiger partial charge >= 0.3 is 0 Å². The van der Waals surface area contributed by atoms with Gasteiger partial charge in [0.1, 0.15) is 5.75 Å². The molecule has 0 aliphatic carbocycles. The minimum atomic E-state index is -0.260. The molecule has 0 radical (unpaired) electrons. The number of aromatic hydroxyl groups is 1. The van der Waals surface area contributed by atoms with Crippen LogP contribution in [0, 0.1) is 12.8 Å². The van der Waals surface area contributed by atoms with E-state index in [2.05, 4.69) is 18.8 Å². The maximum atomic E-state index is 9.94. The molecule has 16 heavy (non-hydrogen) atoms. The molecule has 0 saturated heterocycles. The fourth-order valence-corrected chi connectivity index (χ4v) is 1.82.